The van der Waals surface area contributed by atoms with E-state index in [2.05, 4.69) is 15.1 Å². The highest BCUT2D eigenvalue weighted by Crippen LogP contribution is 2.39. The minimum Gasteiger partial charge on any atom is -0.291 e. The number of hydrogen-bond acceptors (Lipinski definition) is 5. The summed E-state index contributed by atoms with van der Waals surface area (Å²) in [5.74, 6) is -0.0506. The van der Waals surface area contributed by atoms with Crippen LogP contribution < -0.4 is 10.5 Å². The molecule has 29 heavy (non-hydrogen) atoms. The molecule has 5 rings (SSSR count). The van der Waals surface area contributed by atoms with Crippen LogP contribution in [0.1, 0.15) is 37.1 Å². The Hall–Kier alpha value is -3.29. The number of anilines is 1. The second kappa shape index (κ2) is 6.95. The molecule has 3 aromatic rings. The van der Waals surface area contributed by atoms with Crippen molar-refractivity contribution in [1.29, 1.82) is 0 Å². The van der Waals surface area contributed by atoms with Crippen molar-refractivity contribution in [2.24, 2.45) is 11.8 Å². The van der Waals surface area contributed by atoms with Crippen LogP contribution >= 0.6 is 0 Å². The van der Waals surface area contributed by atoms with E-state index in [0.717, 1.165) is 42.6 Å². The fraction of sp³-hybridized carbons (Fsp3) is 0.381. The molecule has 0 bridgehead atoms. The standard InChI is InChI=1S/C21H21N5O3/c27-17-12-18(25-19(28)14-8-4-5-9-15(14)20(25)29)26-21(23-17)22-16(24-26)11-10-13-6-2-1-3-7-13/h1-3,6-7,12,14-15H,4-5,8-11H2,(H,22,23,24,27)/t14-,15+. The third kappa shape index (κ3) is 3.04. The average Bonchev–Trinajstić information content (AvgIpc) is 3.26. The number of aromatic nitrogens is 4. The fourth-order valence-corrected chi connectivity index (χ4v) is 4.47. The van der Waals surface area contributed by atoms with E-state index in [4.69, 9.17) is 0 Å². The molecule has 0 unspecified atom stereocenters. The number of H-pyrrole nitrogens is 1. The van der Waals surface area contributed by atoms with Crippen LogP contribution in [0.5, 0.6) is 0 Å². The number of hydrogen-bond donors (Lipinski definition) is 1. The molecule has 2 fully saturated rings. The van der Waals surface area contributed by atoms with Gasteiger partial charge in [-0.25, -0.2) is 4.90 Å². The van der Waals surface area contributed by atoms with Gasteiger partial charge in [0.15, 0.2) is 11.6 Å². The first-order chi connectivity index (χ1) is 14.1. The molecule has 8 heteroatoms. The quantitative estimate of drug-likeness (QED) is 0.685. The van der Waals surface area contributed by atoms with Gasteiger partial charge in [-0.05, 0) is 24.8 Å². The number of carbonyl (C=O) groups is 2. The number of nitrogens with one attached hydrogen (secondary N) is 1. The summed E-state index contributed by atoms with van der Waals surface area (Å²) in [6, 6.07) is 11.2. The maximum absolute atomic E-state index is 13.0. The highest BCUT2D eigenvalue weighted by molar-refractivity contribution is 6.21. The molecule has 8 nitrogen and oxygen atoms in total. The van der Waals surface area contributed by atoms with Crippen LogP contribution in [0.15, 0.2) is 41.2 Å². The minimum absolute atomic E-state index is 0.187. The normalized spacial score (nSPS) is 21.7. The Bertz CT molecular complexity index is 1130. The van der Waals surface area contributed by atoms with Crippen LogP contribution in [0.2, 0.25) is 0 Å². The van der Waals surface area contributed by atoms with Crippen molar-refractivity contribution in [2.75, 3.05) is 4.90 Å². The molecule has 1 aromatic carbocycles. The molecule has 148 valence electrons. The van der Waals surface area contributed by atoms with Gasteiger partial charge >= 0.3 is 0 Å². The van der Waals surface area contributed by atoms with Gasteiger partial charge in [-0.1, -0.05) is 43.2 Å². The minimum atomic E-state index is -0.412. The SMILES string of the molecule is O=C1[C@H]2CCCC[C@H]2C(=O)N1c1cc(=O)[nH]c2nc(CCc3ccccc3)nn12. The molecule has 2 amide bonds. The molecule has 3 heterocycles. The molecule has 2 aromatic heterocycles. The van der Waals surface area contributed by atoms with Crippen LogP contribution in [0.3, 0.4) is 0 Å². The lowest BCUT2D eigenvalue weighted by Gasteiger charge is -2.19. The number of benzene rings is 1. The number of aryl methyl sites for hydroxylation is 2. The van der Waals surface area contributed by atoms with Crippen molar-refractivity contribution in [2.45, 2.75) is 38.5 Å². The van der Waals surface area contributed by atoms with Crippen molar-refractivity contribution in [3.05, 3.63) is 58.1 Å². The van der Waals surface area contributed by atoms with Crippen molar-refractivity contribution >= 4 is 23.4 Å². The molecule has 1 saturated heterocycles. The summed E-state index contributed by atoms with van der Waals surface area (Å²) in [7, 11) is 0. The van der Waals surface area contributed by atoms with Gasteiger partial charge in [0.05, 0.1) is 11.8 Å². The second-order valence-electron chi connectivity index (χ2n) is 7.75. The molecule has 0 radical (unpaired) electrons. The van der Waals surface area contributed by atoms with Crippen molar-refractivity contribution < 1.29 is 9.59 Å². The fourth-order valence-electron chi connectivity index (χ4n) is 4.47. The molecule has 2 atom stereocenters. The smallest absolute Gasteiger partial charge is 0.254 e. The van der Waals surface area contributed by atoms with E-state index in [9.17, 15) is 14.4 Å². The van der Waals surface area contributed by atoms with Crippen LogP contribution in [0, 0.1) is 11.8 Å². The lowest BCUT2D eigenvalue weighted by molar-refractivity contribution is -0.122. The van der Waals surface area contributed by atoms with E-state index in [1.54, 1.807) is 0 Å². The zero-order valence-electron chi connectivity index (χ0n) is 15.9. The Balaban J connectivity index is 1.51. The zero-order chi connectivity index (χ0) is 20.0. The average molecular weight is 391 g/mol. The molecule has 1 aliphatic carbocycles. The van der Waals surface area contributed by atoms with E-state index in [0.29, 0.717) is 12.2 Å². The number of nitrogens with zero attached hydrogens (tertiary/aromatic N) is 4. The first-order valence-electron chi connectivity index (χ1n) is 10.0. The summed E-state index contributed by atoms with van der Waals surface area (Å²) in [6.45, 7) is 0. The maximum Gasteiger partial charge on any atom is 0.254 e. The van der Waals surface area contributed by atoms with Crippen molar-refractivity contribution in [3.8, 4) is 0 Å². The summed E-state index contributed by atoms with van der Waals surface area (Å²) in [5.41, 5.74) is 0.749. The van der Waals surface area contributed by atoms with Gasteiger partial charge in [0.25, 0.3) is 5.56 Å². The number of imide groups is 1. The monoisotopic (exact) mass is 391 g/mol. The van der Waals surface area contributed by atoms with Crippen molar-refractivity contribution in [3.63, 3.8) is 0 Å². The lowest BCUT2D eigenvalue weighted by atomic mass is 9.81. The third-order valence-electron chi connectivity index (χ3n) is 5.91. The first-order valence-corrected chi connectivity index (χ1v) is 10.0. The van der Waals surface area contributed by atoms with Crippen LogP contribution in [0.25, 0.3) is 5.78 Å². The maximum atomic E-state index is 13.0. The molecular formula is C21H21N5O3. The Labute approximate surface area is 166 Å². The third-order valence-corrected chi connectivity index (χ3v) is 5.91. The Morgan fingerprint density at radius 2 is 1.66 bits per heavy atom. The van der Waals surface area contributed by atoms with Gasteiger partial charge in [0.2, 0.25) is 17.6 Å². The molecule has 2 aliphatic rings. The molecule has 1 aliphatic heterocycles. The van der Waals surface area contributed by atoms with Gasteiger partial charge in [-0.3, -0.25) is 19.4 Å². The van der Waals surface area contributed by atoms with E-state index in [1.807, 2.05) is 30.3 Å². The van der Waals surface area contributed by atoms with Crippen LogP contribution in [0.4, 0.5) is 5.82 Å². The van der Waals surface area contributed by atoms with Gasteiger partial charge < -0.3 is 0 Å². The second-order valence-corrected chi connectivity index (χ2v) is 7.75. The number of carbonyl (C=O) groups excluding carboxylic acids is 2. The van der Waals surface area contributed by atoms with Crippen LogP contribution in [-0.2, 0) is 22.4 Å². The number of rotatable bonds is 4. The summed E-state index contributed by atoms with van der Waals surface area (Å²) in [5, 5.41) is 4.49. The Morgan fingerprint density at radius 1 is 0.966 bits per heavy atom. The summed E-state index contributed by atoms with van der Waals surface area (Å²) >= 11 is 0. The molecule has 0 spiro atoms. The largest absolute Gasteiger partial charge is 0.291 e. The van der Waals surface area contributed by atoms with E-state index >= 15 is 0 Å². The van der Waals surface area contributed by atoms with E-state index < -0.39 is 5.56 Å². The number of fused-ring (bicyclic) bond motifs is 2. The summed E-state index contributed by atoms with van der Waals surface area (Å²) in [6.07, 6.45) is 4.68. The Morgan fingerprint density at radius 3 is 2.34 bits per heavy atom. The molecule has 1 saturated carbocycles. The van der Waals surface area contributed by atoms with Gasteiger partial charge in [-0.15, -0.1) is 5.10 Å². The predicted molar refractivity (Wildman–Crippen MR) is 105 cm³/mol. The molecular weight excluding hydrogens is 370 g/mol. The zero-order valence-corrected chi connectivity index (χ0v) is 15.9. The number of aromatic amines is 1. The van der Waals surface area contributed by atoms with E-state index in [-0.39, 0.29) is 35.2 Å². The van der Waals surface area contributed by atoms with Gasteiger partial charge in [0, 0.05) is 12.5 Å². The van der Waals surface area contributed by atoms with Crippen molar-refractivity contribution in [1.82, 2.24) is 19.6 Å². The van der Waals surface area contributed by atoms with Gasteiger partial charge in [0.1, 0.15) is 0 Å². The first kappa shape index (κ1) is 17.8. The highest BCUT2D eigenvalue weighted by Gasteiger charge is 2.49. The molecule has 1 N–H and O–H groups in total. The summed E-state index contributed by atoms with van der Waals surface area (Å²) < 4.78 is 1.41. The lowest BCUT2D eigenvalue weighted by Crippen LogP contribution is -2.34. The van der Waals surface area contributed by atoms with Crippen LogP contribution in [-0.4, -0.2) is 31.4 Å². The topological polar surface area (TPSA) is 100 Å². The number of amides is 2. The van der Waals surface area contributed by atoms with Gasteiger partial charge in [-0.2, -0.15) is 9.50 Å². The Kier molecular flexibility index (Phi) is 4.26. The highest BCUT2D eigenvalue weighted by atomic mass is 16.2. The van der Waals surface area contributed by atoms with E-state index in [1.165, 1.54) is 10.6 Å². The summed E-state index contributed by atoms with van der Waals surface area (Å²) in [4.78, 5) is 46.3. The predicted octanol–water partition coefficient (Wildman–Crippen LogP) is 1.88.